The van der Waals surface area contributed by atoms with Crippen molar-refractivity contribution in [3.8, 4) is 0 Å². The lowest BCUT2D eigenvalue weighted by atomic mass is 10.0. The van der Waals surface area contributed by atoms with Crippen molar-refractivity contribution < 1.29 is 4.79 Å². The van der Waals surface area contributed by atoms with E-state index >= 15 is 0 Å². The van der Waals surface area contributed by atoms with Crippen LogP contribution in [0.2, 0.25) is 0 Å². The average Bonchev–Trinajstić information content (AvgIpc) is 3.03. The van der Waals surface area contributed by atoms with Gasteiger partial charge in [-0.1, -0.05) is 12.2 Å². The number of rotatable bonds is 3. The Morgan fingerprint density at radius 2 is 1.95 bits per heavy atom. The molecule has 1 fully saturated rings. The minimum atomic E-state index is 0.0939. The minimum absolute atomic E-state index is 0.0939. The highest BCUT2D eigenvalue weighted by molar-refractivity contribution is 5.75. The number of piperidine rings is 1. The Morgan fingerprint density at radius 3 is 2.68 bits per heavy atom. The normalized spacial score (nSPS) is 23.7. The zero-order valence-corrected chi connectivity index (χ0v) is 13.3. The summed E-state index contributed by atoms with van der Waals surface area (Å²) >= 11 is 0. The molecular weight excluding hydrogens is 276 g/mol. The third-order valence-electron chi connectivity index (χ3n) is 4.63. The van der Waals surface area contributed by atoms with Crippen LogP contribution in [0.4, 0.5) is 4.79 Å². The van der Waals surface area contributed by atoms with E-state index in [1.54, 1.807) is 0 Å². The minimum Gasteiger partial charge on any atom is -0.354 e. The van der Waals surface area contributed by atoms with Crippen LogP contribution in [0.3, 0.4) is 0 Å². The Kier molecular flexibility index (Phi) is 4.83. The Bertz CT molecular complexity index is 503. The summed E-state index contributed by atoms with van der Waals surface area (Å²) in [6, 6.07) is 4.50. The number of nitrogens with one attached hydrogen (secondary N) is 1. The van der Waals surface area contributed by atoms with Crippen LogP contribution in [-0.4, -0.2) is 59.7 Å². The summed E-state index contributed by atoms with van der Waals surface area (Å²) in [7, 11) is 2.14. The van der Waals surface area contributed by atoms with E-state index in [0.717, 1.165) is 45.6 Å². The van der Waals surface area contributed by atoms with Gasteiger partial charge in [-0.2, -0.15) is 0 Å². The SMILES string of the molecule is CN1CCC(NC(=O)N2CC=CC(Cn3cccc3)C2)CC1. The molecule has 0 aliphatic carbocycles. The molecular formula is C17H26N4O. The first-order valence-electron chi connectivity index (χ1n) is 8.22. The third-order valence-corrected chi connectivity index (χ3v) is 4.63. The maximum Gasteiger partial charge on any atom is 0.317 e. The number of likely N-dealkylation sites (tertiary alicyclic amines) is 1. The number of hydrogen-bond donors (Lipinski definition) is 1. The number of aromatic nitrogens is 1. The molecule has 0 bridgehead atoms. The van der Waals surface area contributed by atoms with E-state index in [4.69, 9.17) is 0 Å². The lowest BCUT2D eigenvalue weighted by molar-refractivity contribution is 0.177. The van der Waals surface area contributed by atoms with Gasteiger partial charge in [-0.25, -0.2) is 4.79 Å². The van der Waals surface area contributed by atoms with E-state index < -0.39 is 0 Å². The van der Waals surface area contributed by atoms with Crippen molar-refractivity contribution in [2.75, 3.05) is 33.2 Å². The summed E-state index contributed by atoms with van der Waals surface area (Å²) in [6.07, 6.45) is 10.6. The fraction of sp³-hybridized carbons (Fsp3) is 0.588. The van der Waals surface area contributed by atoms with Gasteiger partial charge in [0.15, 0.2) is 0 Å². The second-order valence-corrected chi connectivity index (χ2v) is 6.50. The van der Waals surface area contributed by atoms with Gasteiger partial charge in [-0.15, -0.1) is 0 Å². The molecule has 0 saturated carbocycles. The largest absolute Gasteiger partial charge is 0.354 e. The van der Waals surface area contributed by atoms with E-state index in [1.807, 2.05) is 17.0 Å². The van der Waals surface area contributed by atoms with E-state index in [1.165, 1.54) is 0 Å². The molecule has 1 atom stereocenters. The van der Waals surface area contributed by atoms with Crippen LogP contribution in [0.1, 0.15) is 12.8 Å². The molecule has 1 saturated heterocycles. The van der Waals surface area contributed by atoms with Crippen molar-refractivity contribution in [3.05, 3.63) is 36.7 Å². The van der Waals surface area contributed by atoms with Crippen molar-refractivity contribution in [2.45, 2.75) is 25.4 Å². The Hall–Kier alpha value is -1.75. The Balaban J connectivity index is 1.49. The van der Waals surface area contributed by atoms with Gasteiger partial charge in [0.05, 0.1) is 0 Å². The molecule has 5 heteroatoms. The van der Waals surface area contributed by atoms with Crippen LogP contribution >= 0.6 is 0 Å². The van der Waals surface area contributed by atoms with E-state index in [9.17, 15) is 4.79 Å². The lowest BCUT2D eigenvalue weighted by Crippen LogP contribution is -2.50. The highest BCUT2D eigenvalue weighted by atomic mass is 16.2. The second-order valence-electron chi connectivity index (χ2n) is 6.50. The van der Waals surface area contributed by atoms with E-state index in [2.05, 4.69) is 46.4 Å². The van der Waals surface area contributed by atoms with Crippen molar-refractivity contribution in [2.24, 2.45) is 5.92 Å². The molecule has 120 valence electrons. The molecule has 0 aromatic carbocycles. The van der Waals surface area contributed by atoms with Crippen molar-refractivity contribution in [1.29, 1.82) is 0 Å². The zero-order valence-electron chi connectivity index (χ0n) is 13.3. The van der Waals surface area contributed by atoms with Crippen molar-refractivity contribution in [1.82, 2.24) is 19.7 Å². The van der Waals surface area contributed by atoms with Crippen LogP contribution < -0.4 is 5.32 Å². The molecule has 2 aliphatic heterocycles. The highest BCUT2D eigenvalue weighted by Crippen LogP contribution is 2.14. The zero-order chi connectivity index (χ0) is 15.4. The fourth-order valence-electron chi connectivity index (χ4n) is 3.26. The number of urea groups is 1. The summed E-state index contributed by atoms with van der Waals surface area (Å²) in [5.41, 5.74) is 0. The maximum atomic E-state index is 12.5. The molecule has 3 rings (SSSR count). The van der Waals surface area contributed by atoms with Gasteiger partial charge in [0.1, 0.15) is 0 Å². The summed E-state index contributed by atoms with van der Waals surface area (Å²) in [5.74, 6) is 0.393. The van der Waals surface area contributed by atoms with Crippen LogP contribution in [0.25, 0.3) is 0 Å². The van der Waals surface area contributed by atoms with Crippen LogP contribution in [-0.2, 0) is 6.54 Å². The Morgan fingerprint density at radius 1 is 1.23 bits per heavy atom. The van der Waals surface area contributed by atoms with Crippen LogP contribution in [0.5, 0.6) is 0 Å². The topological polar surface area (TPSA) is 40.5 Å². The van der Waals surface area contributed by atoms with E-state index in [0.29, 0.717) is 12.0 Å². The van der Waals surface area contributed by atoms with Gasteiger partial charge < -0.3 is 19.7 Å². The number of hydrogen-bond acceptors (Lipinski definition) is 2. The van der Waals surface area contributed by atoms with Gasteiger partial charge in [-0.3, -0.25) is 0 Å². The molecule has 0 radical (unpaired) electrons. The smallest absolute Gasteiger partial charge is 0.317 e. The highest BCUT2D eigenvalue weighted by Gasteiger charge is 2.24. The van der Waals surface area contributed by atoms with Crippen LogP contribution in [0, 0.1) is 5.92 Å². The first-order chi connectivity index (χ1) is 10.7. The average molecular weight is 302 g/mol. The Labute approximate surface area is 132 Å². The summed E-state index contributed by atoms with van der Waals surface area (Å²) in [5, 5.41) is 3.21. The summed E-state index contributed by atoms with van der Waals surface area (Å²) in [6.45, 7) is 4.59. The molecule has 1 unspecified atom stereocenters. The van der Waals surface area contributed by atoms with Gasteiger partial charge in [0.2, 0.25) is 0 Å². The number of carbonyl (C=O) groups is 1. The molecule has 1 N–H and O–H groups in total. The number of nitrogens with zero attached hydrogens (tertiary/aromatic N) is 3. The number of carbonyl (C=O) groups excluding carboxylic acids is 1. The van der Waals surface area contributed by atoms with Crippen molar-refractivity contribution >= 4 is 6.03 Å². The number of amides is 2. The molecule has 22 heavy (non-hydrogen) atoms. The van der Waals surface area contributed by atoms with E-state index in [-0.39, 0.29) is 6.03 Å². The lowest BCUT2D eigenvalue weighted by Gasteiger charge is -2.33. The molecule has 3 heterocycles. The summed E-state index contributed by atoms with van der Waals surface area (Å²) < 4.78 is 2.17. The predicted molar refractivity (Wildman–Crippen MR) is 87.7 cm³/mol. The molecule has 0 spiro atoms. The van der Waals surface area contributed by atoms with Gasteiger partial charge >= 0.3 is 6.03 Å². The molecule has 2 amide bonds. The van der Waals surface area contributed by atoms with Crippen molar-refractivity contribution in [3.63, 3.8) is 0 Å². The van der Waals surface area contributed by atoms with Crippen LogP contribution in [0.15, 0.2) is 36.7 Å². The van der Waals surface area contributed by atoms with Gasteiger partial charge in [-0.05, 0) is 45.1 Å². The standard InChI is InChI=1S/C17H26N4O/c1-19-11-6-16(7-12-19)18-17(22)21-10-4-5-15(14-21)13-20-8-2-3-9-20/h2-5,8-9,15-16H,6-7,10-14H2,1H3,(H,18,22). The van der Waals surface area contributed by atoms with Gasteiger partial charge in [0, 0.05) is 44.0 Å². The molecule has 1 aromatic heterocycles. The molecule has 5 nitrogen and oxygen atoms in total. The summed E-state index contributed by atoms with van der Waals surface area (Å²) in [4.78, 5) is 16.7. The molecule has 1 aromatic rings. The fourth-order valence-corrected chi connectivity index (χ4v) is 3.26. The first kappa shape index (κ1) is 15.2. The monoisotopic (exact) mass is 302 g/mol. The predicted octanol–water partition coefficient (Wildman–Crippen LogP) is 1.78. The third kappa shape index (κ3) is 3.91. The first-order valence-corrected chi connectivity index (χ1v) is 8.22. The molecule has 2 aliphatic rings. The quantitative estimate of drug-likeness (QED) is 0.865. The second kappa shape index (κ2) is 7.01. The maximum absolute atomic E-state index is 12.5. The van der Waals surface area contributed by atoms with Gasteiger partial charge in [0.25, 0.3) is 0 Å².